The van der Waals surface area contributed by atoms with Crippen molar-refractivity contribution >= 4 is 5.91 Å². The molecule has 1 saturated carbocycles. The zero-order chi connectivity index (χ0) is 17.8. The van der Waals surface area contributed by atoms with Crippen LogP contribution in [0.3, 0.4) is 0 Å². The van der Waals surface area contributed by atoms with Crippen LogP contribution < -0.4 is 10.3 Å². The lowest BCUT2D eigenvalue weighted by molar-refractivity contribution is -0.130. The highest BCUT2D eigenvalue weighted by Crippen LogP contribution is 2.28. The van der Waals surface area contributed by atoms with Crippen molar-refractivity contribution in [1.29, 1.82) is 0 Å². The topological polar surface area (TPSA) is 51.5 Å². The zero-order valence-electron chi connectivity index (χ0n) is 15.5. The first-order valence-electron chi connectivity index (χ1n) is 9.65. The lowest BCUT2D eigenvalue weighted by Crippen LogP contribution is -2.31. The van der Waals surface area contributed by atoms with E-state index < -0.39 is 0 Å². The molecule has 1 atom stereocenters. The largest absolute Gasteiger partial charge is 0.488 e. The summed E-state index contributed by atoms with van der Waals surface area (Å²) in [5.41, 5.74) is 0.814. The van der Waals surface area contributed by atoms with E-state index in [-0.39, 0.29) is 17.6 Å². The fraction of sp³-hybridized carbons (Fsp3) is 0.700. The number of pyridine rings is 1. The van der Waals surface area contributed by atoms with Gasteiger partial charge in [-0.2, -0.15) is 0 Å². The van der Waals surface area contributed by atoms with Crippen molar-refractivity contribution in [3.63, 3.8) is 0 Å². The monoisotopic (exact) mass is 346 g/mol. The van der Waals surface area contributed by atoms with E-state index in [0.717, 1.165) is 31.0 Å². The Bertz CT molecular complexity index is 661. The van der Waals surface area contributed by atoms with E-state index in [2.05, 4.69) is 0 Å². The van der Waals surface area contributed by atoms with Gasteiger partial charge in [0.15, 0.2) is 0 Å². The van der Waals surface area contributed by atoms with Crippen molar-refractivity contribution in [2.45, 2.75) is 64.4 Å². The number of carbonyl (C=O) groups is 1. The summed E-state index contributed by atoms with van der Waals surface area (Å²) in [4.78, 5) is 26.2. The molecule has 1 aliphatic carbocycles. The number of hydrogen-bond acceptors (Lipinski definition) is 3. The van der Waals surface area contributed by atoms with Crippen molar-refractivity contribution in [3.8, 4) is 5.75 Å². The molecule has 25 heavy (non-hydrogen) atoms. The molecule has 1 saturated heterocycles. The zero-order valence-corrected chi connectivity index (χ0v) is 15.5. The molecule has 1 aromatic rings. The van der Waals surface area contributed by atoms with Crippen molar-refractivity contribution in [3.05, 3.63) is 28.2 Å². The van der Waals surface area contributed by atoms with Crippen LogP contribution in [-0.4, -0.2) is 34.6 Å². The second kappa shape index (κ2) is 8.07. The number of carbonyl (C=O) groups excluding carboxylic acids is 1. The van der Waals surface area contributed by atoms with E-state index in [1.165, 1.54) is 38.2 Å². The van der Waals surface area contributed by atoms with Gasteiger partial charge in [0.1, 0.15) is 11.9 Å². The van der Waals surface area contributed by atoms with E-state index in [4.69, 9.17) is 4.74 Å². The van der Waals surface area contributed by atoms with Gasteiger partial charge in [0.2, 0.25) is 5.91 Å². The maximum atomic E-state index is 12.5. The van der Waals surface area contributed by atoms with Gasteiger partial charge in [-0.15, -0.1) is 0 Å². The summed E-state index contributed by atoms with van der Waals surface area (Å²) in [6, 6.07) is 3.41. The second-order valence-corrected chi connectivity index (χ2v) is 7.64. The molecule has 5 heteroatoms. The lowest BCUT2D eigenvalue weighted by atomic mass is 9.86. The molecule has 0 radical (unpaired) electrons. The van der Waals surface area contributed by atoms with Gasteiger partial charge in [0.25, 0.3) is 5.56 Å². The summed E-state index contributed by atoms with van der Waals surface area (Å²) in [7, 11) is 1.75. The number of hydrogen-bond donors (Lipinski definition) is 0. The fourth-order valence-corrected chi connectivity index (χ4v) is 4.01. The van der Waals surface area contributed by atoms with Gasteiger partial charge in [0.05, 0.1) is 6.54 Å². The van der Waals surface area contributed by atoms with Crippen LogP contribution in [0.4, 0.5) is 0 Å². The molecule has 1 amide bonds. The van der Waals surface area contributed by atoms with Crippen LogP contribution >= 0.6 is 0 Å². The average molecular weight is 346 g/mol. The molecule has 0 bridgehead atoms. The highest BCUT2D eigenvalue weighted by atomic mass is 16.5. The molecule has 138 valence electrons. The van der Waals surface area contributed by atoms with Crippen molar-refractivity contribution in [2.24, 2.45) is 13.0 Å². The first-order valence-corrected chi connectivity index (χ1v) is 9.65. The van der Waals surface area contributed by atoms with Crippen molar-refractivity contribution in [2.75, 3.05) is 13.1 Å². The van der Waals surface area contributed by atoms with Crippen LogP contribution in [0.1, 0.15) is 57.1 Å². The SMILES string of the molecule is Cc1cc(OC2CCN(C(=O)CCC3CCCCC3)C2)cc(=O)n1C. The second-order valence-electron chi connectivity index (χ2n) is 7.64. The summed E-state index contributed by atoms with van der Waals surface area (Å²) in [5.74, 6) is 1.62. The molecule has 3 rings (SSSR count). The normalized spacial score (nSPS) is 21.5. The third-order valence-corrected chi connectivity index (χ3v) is 5.77. The molecule has 1 aliphatic heterocycles. The number of likely N-dealkylation sites (tertiary alicyclic amines) is 1. The highest BCUT2D eigenvalue weighted by Gasteiger charge is 2.28. The summed E-state index contributed by atoms with van der Waals surface area (Å²) in [6.07, 6.45) is 9.13. The Kier molecular flexibility index (Phi) is 5.82. The fourth-order valence-electron chi connectivity index (χ4n) is 4.01. The molecule has 1 unspecified atom stereocenters. The van der Waals surface area contributed by atoms with Crippen LogP contribution in [0.2, 0.25) is 0 Å². The number of rotatable bonds is 5. The Morgan fingerprint density at radius 2 is 1.96 bits per heavy atom. The molecule has 5 nitrogen and oxygen atoms in total. The van der Waals surface area contributed by atoms with Gasteiger partial charge >= 0.3 is 0 Å². The minimum absolute atomic E-state index is 0.00913. The van der Waals surface area contributed by atoms with Crippen LogP contribution in [0, 0.1) is 12.8 Å². The maximum absolute atomic E-state index is 12.5. The van der Waals surface area contributed by atoms with Gasteiger partial charge in [-0.25, -0.2) is 0 Å². The maximum Gasteiger partial charge on any atom is 0.254 e. The summed E-state index contributed by atoms with van der Waals surface area (Å²) >= 11 is 0. The smallest absolute Gasteiger partial charge is 0.254 e. The van der Waals surface area contributed by atoms with E-state index in [1.54, 1.807) is 11.6 Å². The van der Waals surface area contributed by atoms with Crippen molar-refractivity contribution in [1.82, 2.24) is 9.47 Å². The van der Waals surface area contributed by atoms with E-state index in [0.29, 0.717) is 18.7 Å². The van der Waals surface area contributed by atoms with E-state index in [9.17, 15) is 9.59 Å². The number of amides is 1. The third kappa shape index (κ3) is 4.65. The number of aromatic nitrogens is 1. The predicted octanol–water partition coefficient (Wildman–Crippen LogP) is 3.03. The number of nitrogens with zero attached hydrogens (tertiary/aromatic N) is 2. The molecule has 0 N–H and O–H groups in total. The van der Waals surface area contributed by atoms with Crippen LogP contribution in [0.5, 0.6) is 5.75 Å². The molecular formula is C20H30N2O3. The Labute approximate surface area is 150 Å². The first-order chi connectivity index (χ1) is 12.0. The van der Waals surface area contributed by atoms with Gasteiger partial charge in [0, 0.05) is 38.2 Å². The third-order valence-electron chi connectivity index (χ3n) is 5.77. The Balaban J connectivity index is 1.48. The number of ether oxygens (including phenoxy) is 1. The minimum Gasteiger partial charge on any atom is -0.488 e. The Morgan fingerprint density at radius 1 is 1.20 bits per heavy atom. The number of aryl methyl sites for hydroxylation is 1. The van der Waals surface area contributed by atoms with Crippen LogP contribution in [-0.2, 0) is 11.8 Å². The van der Waals surface area contributed by atoms with E-state index >= 15 is 0 Å². The van der Waals surface area contributed by atoms with Crippen LogP contribution in [0.25, 0.3) is 0 Å². The summed E-state index contributed by atoms with van der Waals surface area (Å²) < 4.78 is 7.56. The van der Waals surface area contributed by atoms with Gasteiger partial charge in [-0.3, -0.25) is 9.59 Å². The quantitative estimate of drug-likeness (QED) is 0.823. The Hall–Kier alpha value is -1.78. The Morgan fingerprint density at radius 3 is 2.68 bits per heavy atom. The standard InChI is InChI=1S/C20H30N2O3/c1-15-12-18(13-20(24)21(15)2)25-17-10-11-22(14-17)19(23)9-8-16-6-4-3-5-7-16/h12-13,16-17H,3-11,14H2,1-2H3. The molecule has 2 fully saturated rings. The van der Waals surface area contributed by atoms with Crippen LogP contribution in [0.15, 0.2) is 16.9 Å². The molecular weight excluding hydrogens is 316 g/mol. The summed E-state index contributed by atoms with van der Waals surface area (Å²) in [5, 5.41) is 0. The van der Waals surface area contributed by atoms with E-state index in [1.807, 2.05) is 17.9 Å². The lowest BCUT2D eigenvalue weighted by Gasteiger charge is -2.23. The minimum atomic E-state index is -0.0617. The molecule has 2 aliphatic rings. The molecule has 1 aromatic heterocycles. The first kappa shape index (κ1) is 18.0. The average Bonchev–Trinajstić information content (AvgIpc) is 3.07. The van der Waals surface area contributed by atoms with Crippen molar-refractivity contribution < 1.29 is 9.53 Å². The van der Waals surface area contributed by atoms with Gasteiger partial charge < -0.3 is 14.2 Å². The molecule has 0 aromatic carbocycles. The summed E-state index contributed by atoms with van der Waals surface area (Å²) in [6.45, 7) is 3.29. The highest BCUT2D eigenvalue weighted by molar-refractivity contribution is 5.76. The predicted molar refractivity (Wildman–Crippen MR) is 97.8 cm³/mol. The van der Waals surface area contributed by atoms with Gasteiger partial charge in [-0.1, -0.05) is 32.1 Å². The van der Waals surface area contributed by atoms with Gasteiger partial charge in [-0.05, 0) is 25.3 Å². The molecule has 0 spiro atoms. The molecule has 2 heterocycles.